The molecule has 0 amide bonds. The lowest BCUT2D eigenvalue weighted by molar-refractivity contribution is 1.10. The normalized spacial score (nSPS) is 11.1. The molecule has 0 N–H and O–H groups in total. The van der Waals surface area contributed by atoms with Crippen LogP contribution >= 0.6 is 0 Å². The fourth-order valence-electron chi connectivity index (χ4n) is 2.29. The maximum Gasteiger partial charge on any atom is 0.140 e. The van der Waals surface area contributed by atoms with Gasteiger partial charge in [-0.2, -0.15) is 0 Å². The van der Waals surface area contributed by atoms with Crippen molar-refractivity contribution in [3.05, 3.63) is 53.6 Å². The molecule has 0 aromatic carbocycles. The highest BCUT2D eigenvalue weighted by Gasteiger charge is 2.13. The first-order chi connectivity index (χ1) is 8.68. The maximum atomic E-state index is 4.77. The van der Waals surface area contributed by atoms with E-state index in [4.69, 9.17) is 4.98 Å². The van der Waals surface area contributed by atoms with Gasteiger partial charge in [-0.3, -0.25) is 4.98 Å². The zero-order chi connectivity index (χ0) is 12.7. The molecule has 0 aliphatic rings. The average molecular weight is 237 g/mol. The number of hydrogen-bond donors (Lipinski definition) is 0. The van der Waals surface area contributed by atoms with Crippen LogP contribution in [0.15, 0.2) is 36.8 Å². The molecule has 0 atom stereocenters. The molecular weight excluding hydrogens is 222 g/mol. The van der Waals surface area contributed by atoms with Gasteiger partial charge < -0.3 is 4.40 Å². The SMILES string of the molecule is Cc1ccncc1-c1nc2c(C)cccn2c1C. The smallest absolute Gasteiger partial charge is 0.140 e. The number of aryl methyl sites for hydroxylation is 3. The van der Waals surface area contributed by atoms with E-state index >= 15 is 0 Å². The van der Waals surface area contributed by atoms with Crippen molar-refractivity contribution in [1.82, 2.24) is 14.4 Å². The van der Waals surface area contributed by atoms with Crippen molar-refractivity contribution in [3.8, 4) is 11.3 Å². The van der Waals surface area contributed by atoms with E-state index in [-0.39, 0.29) is 0 Å². The van der Waals surface area contributed by atoms with Gasteiger partial charge in [0.25, 0.3) is 0 Å². The van der Waals surface area contributed by atoms with Gasteiger partial charge in [0.05, 0.1) is 5.69 Å². The van der Waals surface area contributed by atoms with E-state index in [0.717, 1.165) is 22.6 Å². The molecule has 0 aliphatic carbocycles. The third-order valence-electron chi connectivity index (χ3n) is 3.38. The molecule has 3 aromatic rings. The van der Waals surface area contributed by atoms with Crippen LogP contribution in [0.5, 0.6) is 0 Å². The molecule has 0 radical (unpaired) electrons. The van der Waals surface area contributed by atoms with E-state index in [1.165, 1.54) is 11.1 Å². The number of fused-ring (bicyclic) bond motifs is 1. The van der Waals surface area contributed by atoms with E-state index in [1.807, 2.05) is 18.5 Å². The van der Waals surface area contributed by atoms with Gasteiger partial charge >= 0.3 is 0 Å². The Balaban J connectivity index is 2.35. The van der Waals surface area contributed by atoms with Gasteiger partial charge in [0.15, 0.2) is 0 Å². The van der Waals surface area contributed by atoms with E-state index < -0.39 is 0 Å². The third kappa shape index (κ3) is 1.51. The van der Waals surface area contributed by atoms with Gasteiger partial charge in [0.2, 0.25) is 0 Å². The molecule has 0 bridgehead atoms. The summed E-state index contributed by atoms with van der Waals surface area (Å²) in [6, 6.07) is 6.16. The quantitative estimate of drug-likeness (QED) is 0.650. The van der Waals surface area contributed by atoms with Crippen molar-refractivity contribution in [2.24, 2.45) is 0 Å². The van der Waals surface area contributed by atoms with Crippen molar-refractivity contribution in [3.63, 3.8) is 0 Å². The van der Waals surface area contributed by atoms with Crippen LogP contribution in [0.4, 0.5) is 0 Å². The first-order valence-electron chi connectivity index (χ1n) is 6.04. The number of rotatable bonds is 1. The topological polar surface area (TPSA) is 30.2 Å². The Hall–Kier alpha value is -2.16. The fourth-order valence-corrected chi connectivity index (χ4v) is 2.29. The van der Waals surface area contributed by atoms with E-state index in [1.54, 1.807) is 0 Å². The largest absolute Gasteiger partial charge is 0.303 e. The molecule has 0 saturated carbocycles. The number of nitrogens with zero attached hydrogens (tertiary/aromatic N) is 3. The Labute approximate surface area is 106 Å². The zero-order valence-corrected chi connectivity index (χ0v) is 10.8. The summed E-state index contributed by atoms with van der Waals surface area (Å²) in [7, 11) is 0. The maximum absolute atomic E-state index is 4.77. The predicted molar refractivity (Wildman–Crippen MR) is 72.6 cm³/mol. The lowest BCUT2D eigenvalue weighted by Crippen LogP contribution is -1.89. The summed E-state index contributed by atoms with van der Waals surface area (Å²) in [6.07, 6.45) is 5.76. The summed E-state index contributed by atoms with van der Waals surface area (Å²) in [4.78, 5) is 8.97. The highest BCUT2D eigenvalue weighted by Crippen LogP contribution is 2.26. The molecule has 0 saturated heterocycles. The molecule has 0 unspecified atom stereocenters. The summed E-state index contributed by atoms with van der Waals surface area (Å²) >= 11 is 0. The molecule has 18 heavy (non-hydrogen) atoms. The Morgan fingerprint density at radius 2 is 1.89 bits per heavy atom. The molecule has 0 spiro atoms. The average Bonchev–Trinajstić information content (AvgIpc) is 2.70. The van der Waals surface area contributed by atoms with E-state index in [2.05, 4.69) is 48.5 Å². The van der Waals surface area contributed by atoms with Gasteiger partial charge in [-0.05, 0) is 44.0 Å². The molecule has 0 aliphatic heterocycles. The molecule has 3 heterocycles. The molecule has 0 fully saturated rings. The van der Waals surface area contributed by atoms with Gasteiger partial charge in [-0.1, -0.05) is 6.07 Å². The van der Waals surface area contributed by atoms with Crippen LogP contribution in [0.25, 0.3) is 16.9 Å². The molecule has 3 aromatic heterocycles. The minimum absolute atomic E-state index is 1.02. The Bertz CT molecular complexity index is 726. The highest BCUT2D eigenvalue weighted by atomic mass is 15.0. The minimum atomic E-state index is 1.02. The van der Waals surface area contributed by atoms with Crippen molar-refractivity contribution < 1.29 is 0 Å². The summed E-state index contributed by atoms with van der Waals surface area (Å²) in [5.74, 6) is 0. The first-order valence-corrected chi connectivity index (χ1v) is 6.04. The van der Waals surface area contributed by atoms with Gasteiger partial charge in [-0.15, -0.1) is 0 Å². The molecular formula is C15H15N3. The van der Waals surface area contributed by atoms with E-state index in [9.17, 15) is 0 Å². The highest BCUT2D eigenvalue weighted by molar-refractivity contribution is 5.69. The van der Waals surface area contributed by atoms with Crippen LogP contribution in [0.1, 0.15) is 16.8 Å². The molecule has 3 rings (SSSR count). The van der Waals surface area contributed by atoms with Crippen molar-refractivity contribution in [2.45, 2.75) is 20.8 Å². The van der Waals surface area contributed by atoms with Crippen LogP contribution in [0.2, 0.25) is 0 Å². The van der Waals surface area contributed by atoms with Gasteiger partial charge in [-0.25, -0.2) is 4.98 Å². The van der Waals surface area contributed by atoms with E-state index in [0.29, 0.717) is 0 Å². The Morgan fingerprint density at radius 3 is 2.61 bits per heavy atom. The summed E-state index contributed by atoms with van der Waals surface area (Å²) in [5.41, 5.74) is 6.70. The van der Waals surface area contributed by atoms with Crippen LogP contribution in [0, 0.1) is 20.8 Å². The van der Waals surface area contributed by atoms with Crippen LogP contribution < -0.4 is 0 Å². The van der Waals surface area contributed by atoms with Crippen LogP contribution in [-0.2, 0) is 0 Å². The van der Waals surface area contributed by atoms with Crippen molar-refractivity contribution in [2.75, 3.05) is 0 Å². The summed E-state index contributed by atoms with van der Waals surface area (Å²) in [5, 5.41) is 0. The summed E-state index contributed by atoms with van der Waals surface area (Å²) < 4.78 is 2.14. The Morgan fingerprint density at radius 1 is 1.06 bits per heavy atom. The molecule has 90 valence electrons. The fraction of sp³-hybridized carbons (Fsp3) is 0.200. The van der Waals surface area contributed by atoms with Crippen molar-refractivity contribution >= 4 is 5.65 Å². The second-order valence-electron chi connectivity index (χ2n) is 4.62. The van der Waals surface area contributed by atoms with Crippen LogP contribution in [-0.4, -0.2) is 14.4 Å². The standard InChI is InChI=1S/C15H15N3/c1-10-6-7-16-9-13(10)14-12(3)18-8-4-5-11(2)15(18)17-14/h4-9H,1-3H3. The number of pyridine rings is 2. The first kappa shape index (κ1) is 11.0. The zero-order valence-electron chi connectivity index (χ0n) is 10.8. The number of imidazole rings is 1. The number of hydrogen-bond acceptors (Lipinski definition) is 2. The summed E-state index contributed by atoms with van der Waals surface area (Å²) in [6.45, 7) is 6.27. The van der Waals surface area contributed by atoms with Crippen LogP contribution in [0.3, 0.4) is 0 Å². The molecule has 3 heteroatoms. The lowest BCUT2D eigenvalue weighted by Gasteiger charge is -2.02. The molecule has 3 nitrogen and oxygen atoms in total. The third-order valence-corrected chi connectivity index (χ3v) is 3.38. The lowest BCUT2D eigenvalue weighted by atomic mass is 10.1. The van der Waals surface area contributed by atoms with Crippen molar-refractivity contribution in [1.29, 1.82) is 0 Å². The monoisotopic (exact) mass is 237 g/mol. The predicted octanol–water partition coefficient (Wildman–Crippen LogP) is 3.32. The second kappa shape index (κ2) is 3.95. The second-order valence-corrected chi connectivity index (χ2v) is 4.62. The number of aromatic nitrogens is 3. The minimum Gasteiger partial charge on any atom is -0.303 e. The van der Waals surface area contributed by atoms with Gasteiger partial charge in [0, 0.05) is 29.8 Å². The van der Waals surface area contributed by atoms with Gasteiger partial charge in [0.1, 0.15) is 5.65 Å². The Kier molecular flexibility index (Phi) is 2.40.